The third-order valence-electron chi connectivity index (χ3n) is 2.70. The molecule has 0 atom stereocenters. The predicted octanol–water partition coefficient (Wildman–Crippen LogP) is 2.89. The molecule has 0 saturated heterocycles. The van der Waals surface area contributed by atoms with Crippen LogP contribution in [0.4, 0.5) is 0 Å². The summed E-state index contributed by atoms with van der Waals surface area (Å²) in [6, 6.07) is 4.65. The second-order valence-corrected chi connectivity index (χ2v) is 5.93. The lowest BCUT2D eigenvalue weighted by atomic mass is 10.1. The average molecular weight is 324 g/mol. The van der Waals surface area contributed by atoms with Crippen molar-refractivity contribution in [2.45, 2.75) is 20.3 Å². The molecule has 0 aliphatic carbocycles. The number of carbonyl (C=O) groups excluding carboxylic acids is 1. The summed E-state index contributed by atoms with van der Waals surface area (Å²) in [6.07, 6.45) is 0.169. The van der Waals surface area contributed by atoms with E-state index in [1.54, 1.807) is 19.1 Å². The number of halogens is 1. The number of rotatable bonds is 4. The molecule has 1 aromatic carbocycles. The molecule has 5 nitrogen and oxygen atoms in total. The molecule has 0 spiro atoms. The van der Waals surface area contributed by atoms with Crippen molar-refractivity contribution in [2.75, 3.05) is 0 Å². The molecule has 0 unspecified atom stereocenters. The maximum Gasteiger partial charge on any atom is 0.246 e. The number of aromatic nitrogens is 1. The molecule has 1 aromatic heterocycles. The Kier molecular flexibility index (Phi) is 4.93. The van der Waals surface area contributed by atoms with Crippen LogP contribution < -0.4 is 5.43 Å². The number of benzene rings is 1. The van der Waals surface area contributed by atoms with Crippen LogP contribution in [-0.2, 0) is 11.2 Å². The standard InChI is InChI=1S/C14H14ClN3O2S/c1-8(12-5-10(15)3-4-13(12)19)17-18-14(20)6-11-7-21-9(2)16-11/h3-5,7,19H,6H2,1-2H3,(H,18,20)/b17-8+. The zero-order valence-corrected chi connectivity index (χ0v) is 13.1. The largest absolute Gasteiger partial charge is 0.507 e. The van der Waals surface area contributed by atoms with Crippen molar-refractivity contribution in [3.63, 3.8) is 0 Å². The summed E-state index contributed by atoms with van der Waals surface area (Å²) in [7, 11) is 0. The molecular weight excluding hydrogens is 310 g/mol. The Morgan fingerprint density at radius 1 is 1.52 bits per heavy atom. The number of nitrogens with one attached hydrogen (secondary N) is 1. The number of hydrogen-bond acceptors (Lipinski definition) is 5. The van der Waals surface area contributed by atoms with Gasteiger partial charge in [0.15, 0.2) is 0 Å². The predicted molar refractivity (Wildman–Crippen MR) is 84.0 cm³/mol. The molecule has 0 bridgehead atoms. The Hall–Kier alpha value is -1.92. The Morgan fingerprint density at radius 2 is 2.29 bits per heavy atom. The van der Waals surface area contributed by atoms with Gasteiger partial charge in [-0.3, -0.25) is 4.79 Å². The van der Waals surface area contributed by atoms with Gasteiger partial charge in [0.05, 0.1) is 22.8 Å². The normalized spacial score (nSPS) is 11.5. The van der Waals surface area contributed by atoms with Gasteiger partial charge in [-0.05, 0) is 32.0 Å². The minimum atomic E-state index is -0.263. The molecule has 2 aromatic rings. The fourth-order valence-corrected chi connectivity index (χ4v) is 2.48. The van der Waals surface area contributed by atoms with E-state index in [1.807, 2.05) is 12.3 Å². The molecule has 1 heterocycles. The molecule has 0 fully saturated rings. The summed E-state index contributed by atoms with van der Waals surface area (Å²) >= 11 is 7.37. The van der Waals surface area contributed by atoms with Crippen molar-refractivity contribution < 1.29 is 9.90 Å². The summed E-state index contributed by atoms with van der Waals surface area (Å²) in [5.41, 5.74) is 4.11. The number of phenols is 1. The van der Waals surface area contributed by atoms with Crippen LogP contribution in [0.1, 0.15) is 23.2 Å². The van der Waals surface area contributed by atoms with Crippen LogP contribution in [-0.4, -0.2) is 21.7 Å². The van der Waals surface area contributed by atoms with E-state index in [-0.39, 0.29) is 18.1 Å². The van der Waals surface area contributed by atoms with Gasteiger partial charge in [0.25, 0.3) is 0 Å². The van der Waals surface area contributed by atoms with Crippen LogP contribution >= 0.6 is 22.9 Å². The van der Waals surface area contributed by atoms with Crippen molar-refractivity contribution in [1.29, 1.82) is 0 Å². The number of aryl methyl sites for hydroxylation is 1. The maximum absolute atomic E-state index is 11.8. The van der Waals surface area contributed by atoms with Gasteiger partial charge >= 0.3 is 0 Å². The van der Waals surface area contributed by atoms with E-state index in [0.29, 0.717) is 22.0 Å². The van der Waals surface area contributed by atoms with Crippen molar-refractivity contribution in [1.82, 2.24) is 10.4 Å². The minimum Gasteiger partial charge on any atom is -0.507 e. The van der Waals surface area contributed by atoms with Gasteiger partial charge in [0, 0.05) is 16.0 Å². The molecule has 0 aliphatic heterocycles. The smallest absolute Gasteiger partial charge is 0.246 e. The molecule has 0 radical (unpaired) electrons. The molecule has 0 aliphatic rings. The third kappa shape index (κ3) is 4.27. The monoisotopic (exact) mass is 323 g/mol. The Balaban J connectivity index is 2.02. The number of thiazole rings is 1. The Morgan fingerprint density at radius 3 is 2.95 bits per heavy atom. The third-order valence-corrected chi connectivity index (χ3v) is 3.76. The lowest BCUT2D eigenvalue weighted by Gasteiger charge is -2.05. The minimum absolute atomic E-state index is 0.0602. The topological polar surface area (TPSA) is 74.6 Å². The van der Waals surface area contributed by atoms with Crippen LogP contribution in [0.15, 0.2) is 28.7 Å². The highest BCUT2D eigenvalue weighted by molar-refractivity contribution is 7.09. The second-order valence-electron chi connectivity index (χ2n) is 4.43. The van der Waals surface area contributed by atoms with E-state index in [4.69, 9.17) is 11.6 Å². The fourth-order valence-electron chi connectivity index (χ4n) is 1.70. The van der Waals surface area contributed by atoms with Crippen molar-refractivity contribution >= 4 is 34.6 Å². The molecule has 7 heteroatoms. The molecule has 2 N–H and O–H groups in total. The van der Waals surface area contributed by atoms with Crippen LogP contribution in [0, 0.1) is 6.92 Å². The van der Waals surface area contributed by atoms with E-state index in [2.05, 4.69) is 15.5 Å². The number of hydrazone groups is 1. The second kappa shape index (κ2) is 6.69. The first-order valence-corrected chi connectivity index (χ1v) is 7.44. The van der Waals surface area contributed by atoms with Gasteiger partial charge in [-0.1, -0.05) is 11.6 Å². The van der Waals surface area contributed by atoms with Crippen LogP contribution in [0.5, 0.6) is 5.75 Å². The van der Waals surface area contributed by atoms with E-state index in [1.165, 1.54) is 17.4 Å². The fraction of sp³-hybridized carbons (Fsp3) is 0.214. The van der Waals surface area contributed by atoms with Gasteiger partial charge in [0.1, 0.15) is 5.75 Å². The molecule has 21 heavy (non-hydrogen) atoms. The van der Waals surface area contributed by atoms with E-state index in [0.717, 1.165) is 5.01 Å². The van der Waals surface area contributed by atoms with Crippen LogP contribution in [0.3, 0.4) is 0 Å². The number of hydrogen-bond donors (Lipinski definition) is 2. The van der Waals surface area contributed by atoms with Gasteiger partial charge in [-0.25, -0.2) is 10.4 Å². The lowest BCUT2D eigenvalue weighted by molar-refractivity contribution is -0.120. The number of phenolic OH excluding ortho intramolecular Hbond substituents is 1. The highest BCUT2D eigenvalue weighted by atomic mass is 35.5. The number of aromatic hydroxyl groups is 1. The van der Waals surface area contributed by atoms with Crippen molar-refractivity contribution in [3.05, 3.63) is 44.9 Å². The van der Waals surface area contributed by atoms with E-state index in [9.17, 15) is 9.90 Å². The molecule has 110 valence electrons. The summed E-state index contributed by atoms with van der Waals surface area (Å²) in [6.45, 7) is 3.56. The number of carbonyl (C=O) groups is 1. The first-order chi connectivity index (χ1) is 9.95. The average Bonchev–Trinajstić information content (AvgIpc) is 2.84. The summed E-state index contributed by atoms with van der Waals surface area (Å²) < 4.78 is 0. The first kappa shape index (κ1) is 15.5. The molecule has 1 amide bonds. The highest BCUT2D eigenvalue weighted by Gasteiger charge is 2.08. The first-order valence-electron chi connectivity index (χ1n) is 6.18. The van der Waals surface area contributed by atoms with Crippen molar-refractivity contribution in [2.24, 2.45) is 5.10 Å². The van der Waals surface area contributed by atoms with Crippen LogP contribution in [0.2, 0.25) is 5.02 Å². The molecule has 2 rings (SSSR count). The van der Waals surface area contributed by atoms with Crippen molar-refractivity contribution in [3.8, 4) is 5.75 Å². The van der Waals surface area contributed by atoms with Gasteiger partial charge in [-0.15, -0.1) is 11.3 Å². The molecule has 0 saturated carbocycles. The zero-order valence-electron chi connectivity index (χ0n) is 11.6. The number of nitrogens with zero attached hydrogens (tertiary/aromatic N) is 2. The highest BCUT2D eigenvalue weighted by Crippen LogP contribution is 2.21. The van der Waals surface area contributed by atoms with Gasteiger partial charge in [0.2, 0.25) is 5.91 Å². The lowest BCUT2D eigenvalue weighted by Crippen LogP contribution is -2.21. The Labute approximate surface area is 131 Å². The SMILES string of the molecule is C/C(=N\NC(=O)Cc1csc(C)n1)c1cc(Cl)ccc1O. The van der Waals surface area contributed by atoms with E-state index < -0.39 is 0 Å². The zero-order chi connectivity index (χ0) is 15.4. The molecular formula is C14H14ClN3O2S. The summed E-state index contributed by atoms with van der Waals surface area (Å²) in [5, 5.41) is 17.0. The maximum atomic E-state index is 11.8. The van der Waals surface area contributed by atoms with Crippen LogP contribution in [0.25, 0.3) is 0 Å². The quantitative estimate of drug-likeness (QED) is 0.671. The van der Waals surface area contributed by atoms with E-state index >= 15 is 0 Å². The summed E-state index contributed by atoms with van der Waals surface area (Å²) in [4.78, 5) is 16.0. The van der Waals surface area contributed by atoms with Gasteiger partial charge < -0.3 is 5.11 Å². The number of amides is 1. The van der Waals surface area contributed by atoms with Gasteiger partial charge in [-0.2, -0.15) is 5.10 Å². The Bertz CT molecular complexity index is 697. The summed E-state index contributed by atoms with van der Waals surface area (Å²) in [5.74, 6) is -0.203.